The van der Waals surface area contributed by atoms with Gasteiger partial charge in [-0.05, 0) is 0 Å². The lowest BCUT2D eigenvalue weighted by molar-refractivity contribution is 0.958. The van der Waals surface area contributed by atoms with Gasteiger partial charge < -0.3 is 0 Å². The third-order valence-corrected chi connectivity index (χ3v) is 1.66. The summed E-state index contributed by atoms with van der Waals surface area (Å²) >= 11 is 1.56. The van der Waals surface area contributed by atoms with Gasteiger partial charge >= 0.3 is 0 Å². The molecule has 4 heteroatoms. The maximum absolute atomic E-state index is 3.92. The SMILES string of the molecule is C1=N[N]c2ncsc21. The minimum atomic E-state index is 0.759. The molecular formula is C4H2N3S. The van der Waals surface area contributed by atoms with Crippen molar-refractivity contribution in [2.75, 3.05) is 0 Å². The Kier molecular flexibility index (Phi) is 0.648. The van der Waals surface area contributed by atoms with Crippen molar-refractivity contribution < 1.29 is 0 Å². The molecule has 0 saturated carbocycles. The lowest BCUT2D eigenvalue weighted by Gasteiger charge is -1.75. The summed E-state index contributed by atoms with van der Waals surface area (Å²) in [6.07, 6.45) is 1.72. The van der Waals surface area contributed by atoms with Gasteiger partial charge in [-0.2, -0.15) is 5.10 Å². The van der Waals surface area contributed by atoms with Crippen LogP contribution < -0.4 is 5.43 Å². The van der Waals surface area contributed by atoms with E-state index in [0.29, 0.717) is 0 Å². The molecule has 1 radical (unpaired) electrons. The molecule has 1 aliphatic rings. The van der Waals surface area contributed by atoms with Crippen LogP contribution in [0.15, 0.2) is 10.6 Å². The van der Waals surface area contributed by atoms with Gasteiger partial charge in [0.25, 0.3) is 0 Å². The first kappa shape index (κ1) is 4.03. The van der Waals surface area contributed by atoms with Crippen LogP contribution >= 0.6 is 11.3 Å². The van der Waals surface area contributed by atoms with E-state index in [-0.39, 0.29) is 0 Å². The standard InChI is InChI=1S/C4H2N3S/c1-3-4(7-6-1)5-2-8-3/h1-2H. The second-order valence-corrected chi connectivity index (χ2v) is 2.27. The average Bonchev–Trinajstić information content (AvgIpc) is 2.15. The van der Waals surface area contributed by atoms with Gasteiger partial charge in [0.05, 0.1) is 16.6 Å². The molecule has 8 heavy (non-hydrogen) atoms. The third kappa shape index (κ3) is 0.376. The number of hydrogen-bond acceptors (Lipinski definition) is 3. The zero-order valence-corrected chi connectivity index (χ0v) is 4.72. The predicted octanol–water partition coefficient (Wildman–Crippen LogP) is 0.726. The Morgan fingerprint density at radius 3 is 3.38 bits per heavy atom. The van der Waals surface area contributed by atoms with E-state index in [9.17, 15) is 0 Å². The highest BCUT2D eigenvalue weighted by Gasteiger charge is 2.08. The van der Waals surface area contributed by atoms with Crippen molar-refractivity contribution in [2.45, 2.75) is 0 Å². The molecule has 0 spiro atoms. The molecule has 0 aliphatic carbocycles. The van der Waals surface area contributed by atoms with Gasteiger partial charge in [-0.15, -0.1) is 16.8 Å². The second-order valence-electron chi connectivity index (χ2n) is 1.38. The highest BCUT2D eigenvalue weighted by Crippen LogP contribution is 2.19. The van der Waals surface area contributed by atoms with E-state index in [1.54, 1.807) is 23.1 Å². The van der Waals surface area contributed by atoms with E-state index in [0.717, 1.165) is 10.7 Å². The molecule has 1 aromatic rings. The van der Waals surface area contributed by atoms with Crippen molar-refractivity contribution in [1.29, 1.82) is 0 Å². The molecular weight excluding hydrogens is 122 g/mol. The minimum Gasteiger partial charge on any atom is -0.223 e. The fraction of sp³-hybridized carbons (Fsp3) is 0. The second kappa shape index (κ2) is 1.29. The van der Waals surface area contributed by atoms with Crippen LogP contribution in [0.2, 0.25) is 0 Å². The number of fused-ring (bicyclic) bond motifs is 1. The minimum absolute atomic E-state index is 0.759. The molecule has 39 valence electrons. The Morgan fingerprint density at radius 2 is 2.50 bits per heavy atom. The summed E-state index contributed by atoms with van der Waals surface area (Å²) in [7, 11) is 0. The molecule has 0 amide bonds. The fourth-order valence-electron chi connectivity index (χ4n) is 0.549. The van der Waals surface area contributed by atoms with Gasteiger partial charge in [0.15, 0.2) is 5.82 Å². The van der Waals surface area contributed by atoms with E-state index in [4.69, 9.17) is 0 Å². The first-order valence-electron chi connectivity index (χ1n) is 2.14. The predicted molar refractivity (Wildman–Crippen MR) is 31.5 cm³/mol. The van der Waals surface area contributed by atoms with Crippen molar-refractivity contribution >= 4 is 23.4 Å². The van der Waals surface area contributed by atoms with E-state index < -0.39 is 0 Å². The summed E-state index contributed by atoms with van der Waals surface area (Å²) in [5.41, 5.74) is 5.49. The molecule has 1 aliphatic heterocycles. The topological polar surface area (TPSA) is 39.4 Å². The zero-order chi connectivity index (χ0) is 5.40. The maximum Gasteiger partial charge on any atom is 0.194 e. The molecule has 3 nitrogen and oxygen atoms in total. The quantitative estimate of drug-likeness (QED) is 0.502. The molecule has 0 bridgehead atoms. The summed E-state index contributed by atoms with van der Waals surface area (Å²) in [6.45, 7) is 0. The van der Waals surface area contributed by atoms with Crippen LogP contribution in [0.3, 0.4) is 0 Å². The Morgan fingerprint density at radius 1 is 1.50 bits per heavy atom. The van der Waals surface area contributed by atoms with E-state index >= 15 is 0 Å². The number of rotatable bonds is 0. The Hall–Kier alpha value is -0.900. The fourth-order valence-corrected chi connectivity index (χ4v) is 1.12. The van der Waals surface area contributed by atoms with Gasteiger partial charge in [-0.1, -0.05) is 0 Å². The van der Waals surface area contributed by atoms with Crippen molar-refractivity contribution in [2.24, 2.45) is 5.10 Å². The summed E-state index contributed by atoms with van der Waals surface area (Å²) in [4.78, 5) is 4.98. The molecule has 0 fully saturated rings. The van der Waals surface area contributed by atoms with Crippen LogP contribution in [-0.4, -0.2) is 11.2 Å². The van der Waals surface area contributed by atoms with Gasteiger partial charge in [0.1, 0.15) is 0 Å². The molecule has 0 N–H and O–H groups in total. The summed E-state index contributed by atoms with van der Waals surface area (Å²) in [5.74, 6) is 0.759. The molecule has 0 aromatic carbocycles. The van der Waals surface area contributed by atoms with E-state index in [1.807, 2.05) is 0 Å². The van der Waals surface area contributed by atoms with E-state index in [1.165, 1.54) is 0 Å². The van der Waals surface area contributed by atoms with Crippen LogP contribution in [0, 0.1) is 0 Å². The summed E-state index contributed by atoms with van der Waals surface area (Å²) in [5, 5.41) is 3.66. The van der Waals surface area contributed by atoms with Gasteiger partial charge in [-0.3, -0.25) is 0 Å². The van der Waals surface area contributed by atoms with Crippen LogP contribution in [0.25, 0.3) is 0 Å². The Balaban J connectivity index is 2.67. The third-order valence-electron chi connectivity index (χ3n) is 0.902. The lowest BCUT2D eigenvalue weighted by atomic mass is 10.6. The highest BCUT2D eigenvalue weighted by atomic mass is 32.1. The largest absolute Gasteiger partial charge is 0.223 e. The van der Waals surface area contributed by atoms with Crippen molar-refractivity contribution in [1.82, 2.24) is 10.4 Å². The molecule has 0 saturated heterocycles. The molecule has 2 rings (SSSR count). The normalized spacial score (nSPS) is 13.5. The van der Waals surface area contributed by atoms with Crippen LogP contribution in [-0.2, 0) is 0 Å². The van der Waals surface area contributed by atoms with Crippen molar-refractivity contribution in [3.8, 4) is 0 Å². The Bertz CT molecular complexity index is 227. The summed E-state index contributed by atoms with van der Waals surface area (Å²) in [6, 6.07) is 0. The van der Waals surface area contributed by atoms with Crippen LogP contribution in [0.4, 0.5) is 5.82 Å². The molecule has 0 unspecified atom stereocenters. The zero-order valence-electron chi connectivity index (χ0n) is 3.90. The number of thiazole rings is 1. The lowest BCUT2D eigenvalue weighted by Crippen LogP contribution is -1.77. The van der Waals surface area contributed by atoms with Gasteiger partial charge in [0.2, 0.25) is 0 Å². The smallest absolute Gasteiger partial charge is 0.194 e. The van der Waals surface area contributed by atoms with E-state index in [2.05, 4.69) is 15.5 Å². The molecule has 2 heterocycles. The number of hydrogen-bond donors (Lipinski definition) is 0. The molecule has 0 atom stereocenters. The highest BCUT2D eigenvalue weighted by molar-refractivity contribution is 7.12. The average molecular weight is 124 g/mol. The molecule has 1 aromatic heterocycles. The van der Waals surface area contributed by atoms with Crippen LogP contribution in [0.1, 0.15) is 4.88 Å². The monoisotopic (exact) mass is 124 g/mol. The van der Waals surface area contributed by atoms with Crippen LogP contribution in [0.5, 0.6) is 0 Å². The Labute approximate surface area is 50.1 Å². The van der Waals surface area contributed by atoms with Gasteiger partial charge in [0, 0.05) is 0 Å². The number of nitrogens with zero attached hydrogens (tertiary/aromatic N) is 3. The number of aromatic nitrogens is 1. The van der Waals surface area contributed by atoms with Crippen molar-refractivity contribution in [3.63, 3.8) is 0 Å². The van der Waals surface area contributed by atoms with Crippen molar-refractivity contribution in [3.05, 3.63) is 10.4 Å². The summed E-state index contributed by atoms with van der Waals surface area (Å²) < 4.78 is 0. The first-order chi connectivity index (χ1) is 3.97. The maximum atomic E-state index is 3.92. The first-order valence-corrected chi connectivity index (χ1v) is 3.02. The van der Waals surface area contributed by atoms with Gasteiger partial charge in [-0.25, -0.2) is 4.98 Å².